The lowest BCUT2D eigenvalue weighted by molar-refractivity contribution is 0.326. The number of aryl methyl sites for hydroxylation is 2. The van der Waals surface area contributed by atoms with Crippen LogP contribution < -0.4 is 5.32 Å². The molecule has 15 heavy (non-hydrogen) atoms. The Morgan fingerprint density at radius 1 is 1.47 bits per heavy atom. The van der Waals surface area contributed by atoms with Crippen molar-refractivity contribution in [3.8, 4) is 0 Å². The second kappa shape index (κ2) is 4.79. The first-order chi connectivity index (χ1) is 6.94. The van der Waals surface area contributed by atoms with E-state index < -0.39 is 0 Å². The molecule has 0 saturated heterocycles. The third-order valence-electron chi connectivity index (χ3n) is 2.97. The van der Waals surface area contributed by atoms with E-state index in [0.29, 0.717) is 5.41 Å². The fourth-order valence-electron chi connectivity index (χ4n) is 1.48. The van der Waals surface area contributed by atoms with E-state index >= 15 is 0 Å². The fourth-order valence-corrected chi connectivity index (χ4v) is 1.48. The molecule has 1 heterocycles. The van der Waals surface area contributed by atoms with Gasteiger partial charge in [-0.15, -0.1) is 0 Å². The molecule has 1 N–H and O–H groups in total. The molecular weight excluding hydrogens is 186 g/mol. The molecular formula is C12H23N3. The molecule has 0 aliphatic rings. The molecule has 0 aliphatic carbocycles. The molecule has 86 valence electrons. The van der Waals surface area contributed by atoms with Crippen LogP contribution in [0.5, 0.6) is 0 Å². The van der Waals surface area contributed by atoms with Crippen LogP contribution in [0.4, 0.5) is 0 Å². The van der Waals surface area contributed by atoms with Gasteiger partial charge in [-0.1, -0.05) is 20.8 Å². The van der Waals surface area contributed by atoms with Crippen LogP contribution in [0.3, 0.4) is 0 Å². The Hall–Kier alpha value is -0.830. The molecule has 3 nitrogen and oxygen atoms in total. The molecule has 0 bridgehead atoms. The van der Waals surface area contributed by atoms with E-state index in [0.717, 1.165) is 18.8 Å². The molecule has 0 aromatic carbocycles. The lowest BCUT2D eigenvalue weighted by Crippen LogP contribution is -2.29. The molecule has 1 rings (SSSR count). The highest BCUT2D eigenvalue weighted by atomic mass is 15.3. The van der Waals surface area contributed by atoms with E-state index in [1.54, 1.807) is 0 Å². The first kappa shape index (κ1) is 12.2. The highest BCUT2D eigenvalue weighted by Gasteiger charge is 2.14. The van der Waals surface area contributed by atoms with E-state index in [9.17, 15) is 0 Å². The van der Waals surface area contributed by atoms with Crippen molar-refractivity contribution in [1.29, 1.82) is 0 Å². The number of nitrogens with zero attached hydrogens (tertiary/aromatic N) is 2. The van der Waals surface area contributed by atoms with Gasteiger partial charge in [0.05, 0.1) is 11.4 Å². The maximum atomic E-state index is 4.32. The molecule has 0 atom stereocenters. The van der Waals surface area contributed by atoms with E-state index in [1.807, 2.05) is 18.7 Å². The van der Waals surface area contributed by atoms with E-state index in [1.165, 1.54) is 12.1 Å². The molecule has 3 heteroatoms. The minimum Gasteiger partial charge on any atom is -0.311 e. The Balaban J connectivity index is 2.41. The van der Waals surface area contributed by atoms with Gasteiger partial charge in [0.25, 0.3) is 0 Å². The Bertz CT molecular complexity index is 313. The van der Waals surface area contributed by atoms with Crippen LogP contribution in [0.1, 0.15) is 38.6 Å². The first-order valence-electron chi connectivity index (χ1n) is 5.65. The molecule has 1 aromatic rings. The highest BCUT2D eigenvalue weighted by molar-refractivity contribution is 5.08. The van der Waals surface area contributed by atoms with Crippen LogP contribution in [0, 0.1) is 12.3 Å². The Morgan fingerprint density at radius 2 is 2.13 bits per heavy atom. The molecule has 0 aliphatic heterocycles. The normalized spacial score (nSPS) is 12.1. The molecule has 0 spiro atoms. The van der Waals surface area contributed by atoms with E-state index in [2.05, 4.69) is 37.3 Å². The Kier molecular flexibility index (Phi) is 3.91. The van der Waals surface area contributed by atoms with E-state index in [4.69, 9.17) is 0 Å². The minimum absolute atomic E-state index is 0.383. The quantitative estimate of drug-likeness (QED) is 0.806. The Morgan fingerprint density at radius 3 is 2.60 bits per heavy atom. The van der Waals surface area contributed by atoms with Crippen molar-refractivity contribution in [3.05, 3.63) is 17.5 Å². The summed E-state index contributed by atoms with van der Waals surface area (Å²) in [6, 6.07) is 2.13. The standard InChI is InChI=1S/C12H23N3/c1-6-12(3,4)9-13-8-11-7-10(2)14-15(11)5/h7,13H,6,8-9H2,1-5H3. The van der Waals surface area contributed by atoms with Crippen molar-refractivity contribution in [1.82, 2.24) is 15.1 Å². The second-order valence-corrected chi connectivity index (χ2v) is 5.02. The summed E-state index contributed by atoms with van der Waals surface area (Å²) in [6.07, 6.45) is 1.20. The van der Waals surface area contributed by atoms with Gasteiger partial charge in [0, 0.05) is 20.1 Å². The molecule has 1 aromatic heterocycles. The van der Waals surface area contributed by atoms with Gasteiger partial charge in [-0.25, -0.2) is 0 Å². The molecule has 0 amide bonds. The van der Waals surface area contributed by atoms with Crippen LogP contribution in [-0.4, -0.2) is 16.3 Å². The predicted octanol–water partition coefficient (Wildman–Crippen LogP) is 2.25. The molecule has 0 fully saturated rings. The van der Waals surface area contributed by atoms with Gasteiger partial charge in [0.1, 0.15) is 0 Å². The van der Waals surface area contributed by atoms with Gasteiger partial charge in [-0.2, -0.15) is 5.10 Å². The third-order valence-corrected chi connectivity index (χ3v) is 2.97. The van der Waals surface area contributed by atoms with Crippen molar-refractivity contribution in [3.63, 3.8) is 0 Å². The largest absolute Gasteiger partial charge is 0.311 e. The van der Waals surface area contributed by atoms with Gasteiger partial charge in [-0.3, -0.25) is 4.68 Å². The minimum atomic E-state index is 0.383. The van der Waals surface area contributed by atoms with Gasteiger partial charge in [0.15, 0.2) is 0 Å². The van der Waals surface area contributed by atoms with Crippen LogP contribution in [0.15, 0.2) is 6.07 Å². The van der Waals surface area contributed by atoms with Crippen molar-refractivity contribution in [2.24, 2.45) is 12.5 Å². The van der Waals surface area contributed by atoms with E-state index in [-0.39, 0.29) is 0 Å². The van der Waals surface area contributed by atoms with Gasteiger partial charge in [-0.05, 0) is 24.8 Å². The van der Waals surface area contributed by atoms with Crippen molar-refractivity contribution < 1.29 is 0 Å². The summed E-state index contributed by atoms with van der Waals surface area (Å²) in [7, 11) is 2.00. The number of nitrogens with one attached hydrogen (secondary N) is 1. The lowest BCUT2D eigenvalue weighted by Gasteiger charge is -2.22. The second-order valence-electron chi connectivity index (χ2n) is 5.02. The maximum Gasteiger partial charge on any atom is 0.0597 e. The summed E-state index contributed by atoms with van der Waals surface area (Å²) in [5.74, 6) is 0. The van der Waals surface area contributed by atoms with Crippen LogP contribution in [0.2, 0.25) is 0 Å². The summed E-state index contributed by atoms with van der Waals surface area (Å²) >= 11 is 0. The van der Waals surface area contributed by atoms with Gasteiger partial charge >= 0.3 is 0 Å². The molecule has 0 unspecified atom stereocenters. The third kappa shape index (κ3) is 3.67. The average molecular weight is 209 g/mol. The summed E-state index contributed by atoms with van der Waals surface area (Å²) in [4.78, 5) is 0. The number of rotatable bonds is 5. The van der Waals surface area contributed by atoms with Gasteiger partial charge < -0.3 is 5.32 Å². The van der Waals surface area contributed by atoms with Crippen molar-refractivity contribution in [2.45, 2.75) is 40.7 Å². The number of hydrogen-bond donors (Lipinski definition) is 1. The maximum absolute atomic E-state index is 4.32. The topological polar surface area (TPSA) is 29.9 Å². The average Bonchev–Trinajstić information content (AvgIpc) is 2.45. The summed E-state index contributed by atoms with van der Waals surface area (Å²) in [5, 5.41) is 7.81. The highest BCUT2D eigenvalue weighted by Crippen LogP contribution is 2.17. The monoisotopic (exact) mass is 209 g/mol. The summed E-state index contributed by atoms with van der Waals surface area (Å²) < 4.78 is 1.95. The fraction of sp³-hybridized carbons (Fsp3) is 0.750. The van der Waals surface area contributed by atoms with Crippen molar-refractivity contribution in [2.75, 3.05) is 6.54 Å². The molecule has 0 radical (unpaired) electrons. The predicted molar refractivity (Wildman–Crippen MR) is 63.7 cm³/mol. The SMILES string of the molecule is CCC(C)(C)CNCc1cc(C)nn1C. The zero-order valence-electron chi connectivity index (χ0n) is 10.6. The zero-order chi connectivity index (χ0) is 11.5. The first-order valence-corrected chi connectivity index (χ1v) is 5.65. The number of aromatic nitrogens is 2. The van der Waals surface area contributed by atoms with Crippen LogP contribution in [-0.2, 0) is 13.6 Å². The molecule has 0 saturated carbocycles. The summed E-state index contributed by atoms with van der Waals surface area (Å²) in [6.45, 7) is 10.8. The smallest absolute Gasteiger partial charge is 0.0597 e. The van der Waals surface area contributed by atoms with Gasteiger partial charge in [0.2, 0.25) is 0 Å². The van der Waals surface area contributed by atoms with Crippen LogP contribution >= 0.6 is 0 Å². The Labute approximate surface area is 92.9 Å². The summed E-state index contributed by atoms with van der Waals surface area (Å²) in [5.41, 5.74) is 2.72. The zero-order valence-corrected chi connectivity index (χ0v) is 10.6. The lowest BCUT2D eigenvalue weighted by atomic mass is 9.90. The van der Waals surface area contributed by atoms with Crippen LogP contribution in [0.25, 0.3) is 0 Å². The number of hydrogen-bond acceptors (Lipinski definition) is 2. The van der Waals surface area contributed by atoms with Crippen molar-refractivity contribution >= 4 is 0 Å².